The van der Waals surface area contributed by atoms with Gasteiger partial charge in [-0.05, 0) is 43.5 Å². The number of nitrogens with zero attached hydrogens (tertiary/aromatic N) is 6. The number of nitriles is 1. The summed E-state index contributed by atoms with van der Waals surface area (Å²) in [6.45, 7) is 11.9. The number of aryl methyl sites for hydroxylation is 1. The minimum absolute atomic E-state index is 0.0371. The quantitative estimate of drug-likeness (QED) is 0.249. The summed E-state index contributed by atoms with van der Waals surface area (Å²) in [5, 5.41) is 8.40. The fourth-order valence-corrected chi connectivity index (χ4v) is 6.90. The van der Waals surface area contributed by atoms with Crippen LogP contribution in [0.4, 0.5) is 14.5 Å². The Labute approximate surface area is 279 Å². The highest BCUT2D eigenvalue weighted by atomic mass is 35.5. The number of allylic oxidation sites excluding steroid dienone is 4. The van der Waals surface area contributed by atoms with Gasteiger partial charge >= 0.3 is 0 Å². The Morgan fingerprint density at radius 3 is 2.57 bits per heavy atom. The molecule has 46 heavy (non-hydrogen) atoms. The molecule has 3 aromatic heterocycles. The predicted octanol–water partition coefficient (Wildman–Crippen LogP) is 6.23. The van der Waals surface area contributed by atoms with Crippen molar-refractivity contribution in [2.75, 3.05) is 24.5 Å². The third-order valence-electron chi connectivity index (χ3n) is 8.35. The molecule has 0 radical (unpaired) electrons. The van der Waals surface area contributed by atoms with E-state index in [-0.39, 0.29) is 58.6 Å². The summed E-state index contributed by atoms with van der Waals surface area (Å²) < 4.78 is 31.5. The number of piperazine rings is 1. The number of halogens is 5. The second-order valence-corrected chi connectivity index (χ2v) is 12.8. The number of carbonyl (C=O) groups is 1. The second-order valence-electron chi connectivity index (χ2n) is 11.6. The van der Waals surface area contributed by atoms with E-state index in [1.807, 2.05) is 25.7 Å². The molecular weight excluding hydrogens is 659 g/mol. The predicted molar refractivity (Wildman–Crippen MR) is 176 cm³/mol. The highest BCUT2D eigenvalue weighted by Gasteiger charge is 2.40. The fraction of sp³-hybridized carbons (Fsp3) is 0.344. The van der Waals surface area contributed by atoms with Crippen LogP contribution in [0, 0.1) is 18.3 Å². The zero-order valence-electron chi connectivity index (χ0n) is 25.4. The molecule has 2 aliphatic rings. The molecule has 3 aromatic rings. The van der Waals surface area contributed by atoms with Crippen LogP contribution in [-0.4, -0.2) is 56.4 Å². The molecule has 2 unspecified atom stereocenters. The average molecular weight is 689 g/mol. The maximum Gasteiger partial charge on any atom is 0.276 e. The Balaban J connectivity index is 1.89. The van der Waals surface area contributed by atoms with Gasteiger partial charge in [-0.1, -0.05) is 43.6 Å². The molecule has 14 heteroatoms. The average Bonchev–Trinajstić information content (AvgIpc) is 3.02. The Morgan fingerprint density at radius 2 is 1.96 bits per heavy atom. The van der Waals surface area contributed by atoms with Crippen LogP contribution in [0.1, 0.15) is 55.1 Å². The number of pyridine rings is 3. The van der Waals surface area contributed by atoms with Crippen LogP contribution in [0.2, 0.25) is 5.02 Å². The van der Waals surface area contributed by atoms with Gasteiger partial charge in [0, 0.05) is 37.3 Å². The number of alkyl halides is 1. The second kappa shape index (κ2) is 12.7. The number of nitrogens with two attached hydrogens (primary N) is 1. The number of aromatic nitrogens is 3. The summed E-state index contributed by atoms with van der Waals surface area (Å²) in [4.78, 5) is 39.7. The number of anilines is 1. The van der Waals surface area contributed by atoms with Gasteiger partial charge < -0.3 is 15.5 Å². The summed E-state index contributed by atoms with van der Waals surface area (Å²) in [5.41, 5.74) is 6.31. The molecule has 240 valence electrons. The first-order valence-electron chi connectivity index (χ1n) is 14.4. The first kappa shape index (κ1) is 33.4. The molecule has 2 N–H and O–H groups in total. The van der Waals surface area contributed by atoms with E-state index in [0.29, 0.717) is 28.9 Å². The van der Waals surface area contributed by atoms with Gasteiger partial charge in [0.25, 0.3) is 5.56 Å². The van der Waals surface area contributed by atoms with Gasteiger partial charge in [-0.2, -0.15) is 5.26 Å². The van der Waals surface area contributed by atoms with E-state index in [1.165, 1.54) is 16.7 Å². The number of fused-ring (bicyclic) bond motifs is 1. The number of amides is 1. The first-order valence-corrected chi connectivity index (χ1v) is 15.6. The highest BCUT2D eigenvalue weighted by Crippen LogP contribution is 2.47. The third kappa shape index (κ3) is 5.32. The van der Waals surface area contributed by atoms with E-state index in [4.69, 9.17) is 45.5 Å². The lowest BCUT2D eigenvalue weighted by atomic mass is 9.91. The van der Waals surface area contributed by atoms with Gasteiger partial charge in [0.05, 0.1) is 44.8 Å². The number of carbonyl (C=O) groups excluding carboxylic acids is 1. The van der Waals surface area contributed by atoms with Crippen molar-refractivity contribution in [2.45, 2.75) is 50.9 Å². The summed E-state index contributed by atoms with van der Waals surface area (Å²) in [5.74, 6) is -4.18. The Morgan fingerprint density at radius 1 is 1.26 bits per heavy atom. The molecule has 1 amide bonds. The van der Waals surface area contributed by atoms with Gasteiger partial charge in [0.2, 0.25) is 5.91 Å². The highest BCUT2D eigenvalue weighted by molar-refractivity contribution is 6.34. The number of hydrogen-bond acceptors (Lipinski definition) is 7. The molecule has 0 bridgehead atoms. The zero-order chi connectivity index (χ0) is 33.8. The van der Waals surface area contributed by atoms with Crippen molar-refractivity contribution in [1.29, 1.82) is 5.26 Å². The molecule has 1 aliphatic carbocycles. The maximum atomic E-state index is 15.6. The topological polar surface area (TPSA) is 121 Å². The van der Waals surface area contributed by atoms with Crippen molar-refractivity contribution in [3.63, 3.8) is 0 Å². The number of hydrogen-bond donors (Lipinski definition) is 1. The van der Waals surface area contributed by atoms with Crippen LogP contribution >= 0.6 is 34.8 Å². The van der Waals surface area contributed by atoms with Crippen LogP contribution in [0.3, 0.4) is 0 Å². The summed E-state index contributed by atoms with van der Waals surface area (Å²) in [7, 11) is 0. The van der Waals surface area contributed by atoms with Crippen molar-refractivity contribution in [1.82, 2.24) is 19.4 Å². The molecule has 1 fully saturated rings. The van der Waals surface area contributed by atoms with Crippen LogP contribution in [0.15, 0.2) is 58.2 Å². The smallest absolute Gasteiger partial charge is 0.276 e. The van der Waals surface area contributed by atoms with E-state index >= 15 is 4.39 Å². The molecule has 4 heterocycles. The monoisotopic (exact) mass is 687 g/mol. The van der Waals surface area contributed by atoms with Crippen LogP contribution in [0.25, 0.3) is 16.7 Å². The summed E-state index contributed by atoms with van der Waals surface area (Å²) in [6, 6.07) is 4.99. The molecule has 0 aromatic carbocycles. The van der Waals surface area contributed by atoms with E-state index in [2.05, 4.69) is 17.6 Å². The van der Waals surface area contributed by atoms with Crippen molar-refractivity contribution < 1.29 is 13.6 Å². The van der Waals surface area contributed by atoms with E-state index < -0.39 is 39.2 Å². The van der Waals surface area contributed by atoms with Gasteiger partial charge in [-0.15, -0.1) is 11.6 Å². The molecular formula is C32H30Cl3F2N7O2. The minimum Gasteiger partial charge on any atom is -0.398 e. The van der Waals surface area contributed by atoms with Gasteiger partial charge in [0.15, 0.2) is 5.83 Å². The van der Waals surface area contributed by atoms with Crippen molar-refractivity contribution in [3.8, 4) is 11.8 Å². The van der Waals surface area contributed by atoms with Gasteiger partial charge in [-0.25, -0.2) is 13.8 Å². The molecule has 9 nitrogen and oxygen atoms in total. The van der Waals surface area contributed by atoms with Crippen LogP contribution in [-0.2, 0) is 4.79 Å². The molecule has 3 atom stereocenters. The minimum atomic E-state index is -1.48. The van der Waals surface area contributed by atoms with Gasteiger partial charge in [-0.3, -0.25) is 19.1 Å². The first-order chi connectivity index (χ1) is 21.7. The van der Waals surface area contributed by atoms with Crippen molar-refractivity contribution in [2.24, 2.45) is 5.73 Å². The van der Waals surface area contributed by atoms with Crippen molar-refractivity contribution in [3.05, 3.63) is 91.3 Å². The van der Waals surface area contributed by atoms with E-state index in [9.17, 15) is 19.2 Å². The normalized spacial score (nSPS) is 20.5. The van der Waals surface area contributed by atoms with Crippen LogP contribution in [0.5, 0.6) is 0 Å². The lowest BCUT2D eigenvalue weighted by Gasteiger charge is -2.41. The van der Waals surface area contributed by atoms with E-state index in [0.717, 1.165) is 0 Å². The molecule has 1 saturated heterocycles. The van der Waals surface area contributed by atoms with Crippen LogP contribution < -0.4 is 16.2 Å². The Hall–Kier alpha value is -3.98. The Kier molecular flexibility index (Phi) is 9.19. The fourth-order valence-electron chi connectivity index (χ4n) is 6.08. The summed E-state index contributed by atoms with van der Waals surface area (Å²) >= 11 is 19.2. The third-order valence-corrected chi connectivity index (χ3v) is 9.49. The standard InChI is InChI=1S/C32H30Cl3F2N7O2/c1-6-20(45)43-10-9-42(13-16(43)5)30-17-11-19(33)28(21-22(34)26(39)25(37)23(35)24(21)36)41-31(17)44(32(46)18(30)12-38)29-15(4)7-8-40-27(29)14(2)3/h6-8,11,14,16,21-22H,1,9-10,13,39H2,2-5H3/t16-,21?,22?/m1/s1. The molecule has 1 aliphatic heterocycles. The maximum absolute atomic E-state index is 15.6. The van der Waals surface area contributed by atoms with E-state index in [1.54, 1.807) is 24.1 Å². The summed E-state index contributed by atoms with van der Waals surface area (Å²) in [6.07, 6.45) is 2.86. The lowest BCUT2D eigenvalue weighted by Crippen LogP contribution is -2.54. The largest absolute Gasteiger partial charge is 0.398 e. The van der Waals surface area contributed by atoms with Crippen molar-refractivity contribution >= 4 is 57.4 Å². The lowest BCUT2D eigenvalue weighted by molar-refractivity contribution is -0.128. The SMILES string of the molecule is C=CC(=O)N1CCN(c2c(C#N)c(=O)n(-c3c(C)ccnc3C(C)C)c3nc(C4C(F)=C(Cl)C(F)=C(N)C4Cl)c(Cl)cc23)C[C@H]1C. The Bertz CT molecular complexity index is 1970. The molecule has 0 saturated carbocycles. The number of rotatable bonds is 5. The zero-order valence-corrected chi connectivity index (χ0v) is 27.7. The van der Waals surface area contributed by atoms with Gasteiger partial charge in [0.1, 0.15) is 28.1 Å². The molecule has 0 spiro atoms. The molecule has 5 rings (SSSR count).